The van der Waals surface area contributed by atoms with E-state index in [0.29, 0.717) is 80.0 Å². The van der Waals surface area contributed by atoms with Gasteiger partial charge in [-0.15, -0.1) is 0 Å². The van der Waals surface area contributed by atoms with Gasteiger partial charge in [-0.05, 0) is 54.3 Å². The van der Waals surface area contributed by atoms with Crippen LogP contribution in [0, 0.1) is 11.6 Å². The summed E-state index contributed by atoms with van der Waals surface area (Å²) >= 11 is 0. The Bertz CT molecular complexity index is 1950. The van der Waals surface area contributed by atoms with Gasteiger partial charge in [0.25, 0.3) is 0 Å². The van der Waals surface area contributed by atoms with E-state index < -0.39 is 23.1 Å². The van der Waals surface area contributed by atoms with E-state index in [1.165, 1.54) is 12.1 Å². The molecule has 250 valence electrons. The fourth-order valence-electron chi connectivity index (χ4n) is 8.33. The van der Waals surface area contributed by atoms with E-state index in [-0.39, 0.29) is 35.6 Å². The Kier molecular flexibility index (Phi) is 7.55. The Balaban J connectivity index is 1.25. The van der Waals surface area contributed by atoms with Crippen LogP contribution < -0.4 is 9.64 Å². The van der Waals surface area contributed by atoms with Crippen LogP contribution in [0.4, 0.5) is 19.0 Å². The van der Waals surface area contributed by atoms with E-state index in [1.54, 1.807) is 29.3 Å². The highest BCUT2D eigenvalue weighted by Crippen LogP contribution is 2.42. The molecule has 0 bridgehead atoms. The van der Waals surface area contributed by atoms with E-state index in [2.05, 4.69) is 21.4 Å². The summed E-state index contributed by atoms with van der Waals surface area (Å²) in [6.07, 6.45) is 4.48. The lowest BCUT2D eigenvalue weighted by molar-refractivity contribution is -0.164. The van der Waals surface area contributed by atoms with Crippen molar-refractivity contribution in [1.29, 1.82) is 0 Å². The van der Waals surface area contributed by atoms with E-state index in [0.717, 1.165) is 24.8 Å². The van der Waals surface area contributed by atoms with Crippen LogP contribution in [-0.2, 0) is 16.0 Å². The highest BCUT2D eigenvalue weighted by molar-refractivity contribution is 6.01. The second kappa shape index (κ2) is 11.7. The maximum atomic E-state index is 16.9. The van der Waals surface area contributed by atoms with Gasteiger partial charge < -0.3 is 19.3 Å². The molecule has 4 saturated heterocycles. The Morgan fingerprint density at radius 3 is 2.79 bits per heavy atom. The average Bonchev–Trinajstić information content (AvgIpc) is 3.61. The van der Waals surface area contributed by atoms with Crippen LogP contribution in [0.2, 0.25) is 0 Å². The number of amides is 1. The lowest BCUT2D eigenvalue weighted by atomic mass is 9.91. The number of rotatable bonds is 7. The second-order valence-electron chi connectivity index (χ2n) is 13.5. The number of aromatic nitrogens is 3. The third kappa shape index (κ3) is 4.82. The summed E-state index contributed by atoms with van der Waals surface area (Å²) in [7, 11) is 0. The van der Waals surface area contributed by atoms with E-state index in [1.807, 2.05) is 17.9 Å². The molecule has 2 aromatic heterocycles. The number of pyridine rings is 1. The zero-order valence-electron chi connectivity index (χ0n) is 26.9. The van der Waals surface area contributed by atoms with Crippen molar-refractivity contribution in [1.82, 2.24) is 24.8 Å². The second-order valence-corrected chi connectivity index (χ2v) is 13.5. The molecular weight excluding hydrogens is 621 g/mol. The minimum absolute atomic E-state index is 0.0150. The van der Waals surface area contributed by atoms with Gasteiger partial charge in [0.1, 0.15) is 41.2 Å². The number of hydrogen-bond acceptors (Lipinski definition) is 8. The first-order valence-corrected chi connectivity index (χ1v) is 16.6. The first-order chi connectivity index (χ1) is 23.3. The zero-order chi connectivity index (χ0) is 33.2. The van der Waals surface area contributed by atoms with Gasteiger partial charge >= 0.3 is 6.01 Å². The standard InChI is InChI=1S/C36H37F3N6O3/c1-3-24-27(38)10-9-22-7-5-8-25(29(22)24)31-30(39)32-26(16-40-31)33(43-13-14-45(28(46)4-2)36(18-43)19-47-20-36)42-34(41-32)48-21-35-11-6-12-44(35)17-23(37)15-35/h4-5,7-10,16,23H,2-3,6,11-15,17-21H2,1H3/t23-,35+/m1/s1. The Labute approximate surface area is 276 Å². The van der Waals surface area contributed by atoms with Crippen LogP contribution >= 0.6 is 0 Å². The third-order valence-corrected chi connectivity index (χ3v) is 10.7. The zero-order valence-corrected chi connectivity index (χ0v) is 26.9. The molecule has 12 heteroatoms. The number of alkyl halides is 1. The number of hydrogen-bond donors (Lipinski definition) is 0. The van der Waals surface area contributed by atoms with Gasteiger partial charge in [0.2, 0.25) is 5.91 Å². The lowest BCUT2D eigenvalue weighted by Crippen LogP contribution is -2.72. The molecule has 4 fully saturated rings. The van der Waals surface area contributed by atoms with E-state index in [9.17, 15) is 13.6 Å². The van der Waals surface area contributed by atoms with Gasteiger partial charge in [-0.1, -0.05) is 37.8 Å². The SMILES string of the molecule is C=CC(=O)N1CCN(c2nc(OC[C@@]34CCCN3C[C@H](F)C4)nc3c(F)c(-c4cccc5ccc(F)c(CC)c45)ncc23)CC12COC2. The highest BCUT2D eigenvalue weighted by Gasteiger charge is 2.51. The van der Waals surface area contributed by atoms with Crippen molar-refractivity contribution in [2.24, 2.45) is 0 Å². The monoisotopic (exact) mass is 658 g/mol. The molecule has 4 aliphatic rings. The summed E-state index contributed by atoms with van der Waals surface area (Å²) in [4.78, 5) is 32.7. The number of carbonyl (C=O) groups is 1. The maximum absolute atomic E-state index is 16.9. The number of nitrogens with zero attached hydrogens (tertiary/aromatic N) is 6. The fourth-order valence-corrected chi connectivity index (χ4v) is 8.33. The molecule has 0 unspecified atom stereocenters. The molecule has 0 aliphatic carbocycles. The molecule has 2 aromatic carbocycles. The summed E-state index contributed by atoms with van der Waals surface area (Å²) in [6.45, 7) is 8.80. The Morgan fingerprint density at radius 2 is 2.02 bits per heavy atom. The van der Waals surface area contributed by atoms with E-state index >= 15 is 4.39 Å². The summed E-state index contributed by atoms with van der Waals surface area (Å²) < 4.78 is 58.3. The Hall–Kier alpha value is -4.29. The molecule has 8 rings (SSSR count). The smallest absolute Gasteiger partial charge is 0.319 e. The number of halogens is 3. The average molecular weight is 659 g/mol. The maximum Gasteiger partial charge on any atom is 0.319 e. The number of piperazine rings is 1. The molecule has 6 heterocycles. The van der Waals surface area contributed by atoms with Crippen molar-refractivity contribution in [2.45, 2.75) is 49.9 Å². The third-order valence-electron chi connectivity index (χ3n) is 10.7. The number of carbonyl (C=O) groups excluding carboxylic acids is 1. The van der Waals surface area contributed by atoms with Crippen molar-refractivity contribution in [3.05, 3.63) is 66.4 Å². The van der Waals surface area contributed by atoms with Crippen LogP contribution in [-0.4, -0.2) is 100 Å². The fraction of sp³-hybridized carbons (Fsp3) is 0.444. The van der Waals surface area contributed by atoms with Gasteiger partial charge in [-0.2, -0.15) is 9.97 Å². The van der Waals surface area contributed by atoms with Crippen molar-refractivity contribution in [3.63, 3.8) is 0 Å². The van der Waals surface area contributed by atoms with Gasteiger partial charge in [-0.25, -0.2) is 13.2 Å². The quantitative estimate of drug-likeness (QED) is 0.250. The van der Waals surface area contributed by atoms with Gasteiger partial charge in [0.15, 0.2) is 5.82 Å². The van der Waals surface area contributed by atoms with Crippen molar-refractivity contribution in [2.75, 3.05) is 57.4 Å². The first kappa shape index (κ1) is 31.0. The number of anilines is 1. The van der Waals surface area contributed by atoms with Crippen molar-refractivity contribution >= 4 is 33.4 Å². The van der Waals surface area contributed by atoms with E-state index in [4.69, 9.17) is 14.5 Å². The lowest BCUT2D eigenvalue weighted by Gasteiger charge is -2.55. The van der Waals surface area contributed by atoms with Crippen LogP contribution in [0.15, 0.2) is 49.2 Å². The predicted molar refractivity (Wildman–Crippen MR) is 176 cm³/mol. The normalized spacial score (nSPS) is 23.5. The molecule has 0 N–H and O–H groups in total. The summed E-state index contributed by atoms with van der Waals surface area (Å²) in [5.41, 5.74) is -0.0154. The van der Waals surface area contributed by atoms with Crippen molar-refractivity contribution in [3.8, 4) is 17.3 Å². The first-order valence-electron chi connectivity index (χ1n) is 16.6. The topological polar surface area (TPSA) is 83.9 Å². The van der Waals surface area contributed by atoms with Crippen LogP contribution in [0.3, 0.4) is 0 Å². The van der Waals surface area contributed by atoms with Crippen LogP contribution in [0.5, 0.6) is 6.01 Å². The minimum Gasteiger partial charge on any atom is -0.461 e. The minimum atomic E-state index is -0.929. The molecule has 48 heavy (non-hydrogen) atoms. The summed E-state index contributed by atoms with van der Waals surface area (Å²) in [6, 6.07) is 8.52. The molecule has 0 saturated carbocycles. The number of benzene rings is 2. The van der Waals surface area contributed by atoms with Gasteiger partial charge in [0.05, 0.1) is 24.1 Å². The molecule has 9 nitrogen and oxygen atoms in total. The number of fused-ring (bicyclic) bond motifs is 3. The van der Waals surface area contributed by atoms with Crippen LogP contribution in [0.1, 0.15) is 31.7 Å². The molecular formula is C36H37F3N6O3. The predicted octanol–water partition coefficient (Wildman–Crippen LogP) is 5.24. The molecule has 4 aromatic rings. The Morgan fingerprint density at radius 1 is 1.17 bits per heavy atom. The molecule has 1 amide bonds. The van der Waals surface area contributed by atoms with Gasteiger partial charge in [0, 0.05) is 44.4 Å². The number of ether oxygens (including phenoxy) is 2. The van der Waals surface area contributed by atoms with Gasteiger partial charge in [-0.3, -0.25) is 14.7 Å². The number of aryl methyl sites for hydroxylation is 1. The highest BCUT2D eigenvalue weighted by atomic mass is 19.1. The van der Waals surface area contributed by atoms with Crippen LogP contribution in [0.25, 0.3) is 32.9 Å². The molecule has 2 atom stereocenters. The molecule has 0 radical (unpaired) electrons. The summed E-state index contributed by atoms with van der Waals surface area (Å²) in [5, 5.41) is 1.77. The van der Waals surface area contributed by atoms with Crippen molar-refractivity contribution < 1.29 is 27.4 Å². The summed E-state index contributed by atoms with van der Waals surface area (Å²) in [5.74, 6) is -0.774. The molecule has 1 spiro atoms. The molecule has 4 aliphatic heterocycles. The largest absolute Gasteiger partial charge is 0.461 e.